The zero-order valence-electron chi connectivity index (χ0n) is 13.4. The first-order valence-electron chi connectivity index (χ1n) is 7.75. The van der Waals surface area contributed by atoms with Crippen LogP contribution in [0.25, 0.3) is 0 Å². The predicted molar refractivity (Wildman–Crippen MR) is 105 cm³/mol. The minimum absolute atomic E-state index is 0.782. The number of hydrogen-bond donors (Lipinski definition) is 0. The molecule has 0 saturated carbocycles. The Labute approximate surface area is 148 Å². The van der Waals surface area contributed by atoms with Crippen molar-refractivity contribution in [2.24, 2.45) is 0 Å². The quantitative estimate of drug-likeness (QED) is 0.486. The number of hydrogen-bond acceptors (Lipinski definition) is 1. The van der Waals surface area contributed by atoms with E-state index in [1.165, 1.54) is 0 Å². The van der Waals surface area contributed by atoms with Gasteiger partial charge in [0.1, 0.15) is 4.99 Å². The van der Waals surface area contributed by atoms with E-state index in [0.717, 1.165) is 27.4 Å². The van der Waals surface area contributed by atoms with Crippen molar-refractivity contribution in [3.63, 3.8) is 0 Å². The molecule has 0 bridgehead atoms. The van der Waals surface area contributed by atoms with E-state index in [9.17, 15) is 0 Å². The lowest BCUT2D eigenvalue weighted by Crippen LogP contribution is -2.25. The number of rotatable bonds is 2. The largest absolute Gasteiger partial charge is 0.334 e. The minimum atomic E-state index is 0.782. The van der Waals surface area contributed by atoms with E-state index in [1.54, 1.807) is 0 Å². The molecule has 0 fully saturated rings. The Balaban J connectivity index is 1.92. The molecule has 0 aromatic heterocycles. The highest BCUT2D eigenvalue weighted by atomic mass is 32.1. The molecular weight excluding hydrogens is 310 g/mol. The third kappa shape index (κ3) is 3.71. The first-order valence-corrected chi connectivity index (χ1v) is 8.16. The van der Waals surface area contributed by atoms with Crippen molar-refractivity contribution in [2.75, 3.05) is 11.9 Å². The Morgan fingerprint density at radius 3 is 2.04 bits per heavy atom. The molecule has 1 nitrogen and oxygen atoms in total. The zero-order valence-corrected chi connectivity index (χ0v) is 14.3. The fourth-order valence-electron chi connectivity index (χ4n) is 2.42. The Hall–Kier alpha value is -2.89. The Kier molecular flexibility index (Phi) is 5.05. The predicted octanol–water partition coefficient (Wildman–Crippen LogP) is 4.90. The SMILES string of the molecule is CN(C(=S)c1ccccc1)c1ccccc1C#Cc1ccccc1. The average Bonchev–Trinajstić information content (AvgIpc) is 2.67. The topological polar surface area (TPSA) is 3.24 Å². The van der Waals surface area contributed by atoms with Crippen molar-refractivity contribution in [3.05, 3.63) is 102 Å². The van der Waals surface area contributed by atoms with Crippen LogP contribution in [0.15, 0.2) is 84.9 Å². The van der Waals surface area contributed by atoms with Gasteiger partial charge in [0, 0.05) is 23.7 Å². The molecule has 0 amide bonds. The number of thiocarbonyl (C=S) groups is 1. The van der Waals surface area contributed by atoms with E-state index in [2.05, 4.69) is 11.8 Å². The van der Waals surface area contributed by atoms with Crippen LogP contribution in [0.2, 0.25) is 0 Å². The van der Waals surface area contributed by atoms with Crippen LogP contribution in [-0.4, -0.2) is 12.0 Å². The molecule has 0 unspecified atom stereocenters. The number of nitrogens with zero attached hydrogens (tertiary/aromatic N) is 1. The van der Waals surface area contributed by atoms with Crippen LogP contribution in [0.3, 0.4) is 0 Å². The molecule has 0 spiro atoms. The maximum absolute atomic E-state index is 5.64. The number of benzene rings is 3. The van der Waals surface area contributed by atoms with E-state index in [-0.39, 0.29) is 0 Å². The summed E-state index contributed by atoms with van der Waals surface area (Å²) in [5.74, 6) is 6.48. The molecule has 0 saturated heterocycles. The van der Waals surface area contributed by atoms with Gasteiger partial charge >= 0.3 is 0 Å². The second-order valence-corrected chi connectivity index (χ2v) is 5.75. The molecule has 3 aromatic rings. The number of para-hydroxylation sites is 1. The van der Waals surface area contributed by atoms with Crippen molar-refractivity contribution in [1.82, 2.24) is 0 Å². The average molecular weight is 327 g/mol. The van der Waals surface area contributed by atoms with Crippen LogP contribution in [0.5, 0.6) is 0 Å². The molecule has 3 aromatic carbocycles. The van der Waals surface area contributed by atoms with Crippen molar-refractivity contribution in [1.29, 1.82) is 0 Å². The summed E-state index contributed by atoms with van der Waals surface area (Å²) in [7, 11) is 1.98. The van der Waals surface area contributed by atoms with Gasteiger partial charge in [0.25, 0.3) is 0 Å². The van der Waals surface area contributed by atoms with Gasteiger partial charge in [-0.3, -0.25) is 0 Å². The lowest BCUT2D eigenvalue weighted by molar-refractivity contribution is 1.27. The van der Waals surface area contributed by atoms with Gasteiger partial charge in [-0.2, -0.15) is 0 Å². The summed E-state index contributed by atoms with van der Waals surface area (Å²) >= 11 is 5.64. The molecule has 24 heavy (non-hydrogen) atoms. The van der Waals surface area contributed by atoms with Crippen LogP contribution in [0.1, 0.15) is 16.7 Å². The zero-order chi connectivity index (χ0) is 16.8. The third-order valence-electron chi connectivity index (χ3n) is 3.71. The first kappa shape index (κ1) is 16.0. The van der Waals surface area contributed by atoms with Crippen molar-refractivity contribution in [2.45, 2.75) is 0 Å². The second kappa shape index (κ2) is 7.59. The molecular formula is C22H17NS. The van der Waals surface area contributed by atoms with E-state index < -0.39 is 0 Å². The van der Waals surface area contributed by atoms with Gasteiger partial charge in [-0.15, -0.1) is 0 Å². The monoisotopic (exact) mass is 327 g/mol. The minimum Gasteiger partial charge on any atom is -0.334 e. The highest BCUT2D eigenvalue weighted by Gasteiger charge is 2.11. The Bertz CT molecular complexity index is 889. The molecule has 0 radical (unpaired) electrons. The maximum Gasteiger partial charge on any atom is 0.113 e. The molecule has 0 aliphatic heterocycles. The van der Waals surface area contributed by atoms with Crippen molar-refractivity contribution < 1.29 is 0 Å². The van der Waals surface area contributed by atoms with Crippen molar-refractivity contribution >= 4 is 22.9 Å². The van der Waals surface area contributed by atoms with E-state index >= 15 is 0 Å². The summed E-state index contributed by atoms with van der Waals surface area (Å²) in [6.45, 7) is 0. The van der Waals surface area contributed by atoms with Gasteiger partial charge in [0.2, 0.25) is 0 Å². The molecule has 0 heterocycles. The first-order chi connectivity index (χ1) is 11.8. The van der Waals surface area contributed by atoms with Crippen LogP contribution >= 0.6 is 12.2 Å². The summed E-state index contributed by atoms with van der Waals surface area (Å²) in [6, 6.07) is 28.1. The normalized spacial score (nSPS) is 9.71. The van der Waals surface area contributed by atoms with E-state index in [1.807, 2.05) is 96.9 Å². The molecule has 116 valence electrons. The Morgan fingerprint density at radius 1 is 0.750 bits per heavy atom. The highest BCUT2D eigenvalue weighted by molar-refractivity contribution is 7.81. The van der Waals surface area contributed by atoms with Gasteiger partial charge in [0.05, 0.1) is 5.69 Å². The summed E-state index contributed by atoms with van der Waals surface area (Å²) in [4.78, 5) is 2.80. The summed E-state index contributed by atoms with van der Waals surface area (Å²) in [6.07, 6.45) is 0. The van der Waals surface area contributed by atoms with Crippen LogP contribution in [0.4, 0.5) is 5.69 Å². The second-order valence-electron chi connectivity index (χ2n) is 5.36. The summed E-state index contributed by atoms with van der Waals surface area (Å²) in [5.41, 5.74) is 4.00. The summed E-state index contributed by atoms with van der Waals surface area (Å²) in [5, 5.41) is 0. The van der Waals surface area contributed by atoms with Gasteiger partial charge in [0.15, 0.2) is 0 Å². The van der Waals surface area contributed by atoms with Gasteiger partial charge in [-0.05, 0) is 24.3 Å². The molecule has 0 atom stereocenters. The van der Waals surface area contributed by atoms with Crippen molar-refractivity contribution in [3.8, 4) is 11.8 Å². The van der Waals surface area contributed by atoms with E-state index in [0.29, 0.717) is 0 Å². The fraction of sp³-hybridized carbons (Fsp3) is 0.0455. The van der Waals surface area contributed by atoms with Crippen LogP contribution in [0, 0.1) is 11.8 Å². The summed E-state index contributed by atoms with van der Waals surface area (Å²) < 4.78 is 0. The smallest absolute Gasteiger partial charge is 0.113 e. The molecule has 3 rings (SSSR count). The third-order valence-corrected chi connectivity index (χ3v) is 4.22. The standard InChI is InChI=1S/C22H17NS/c1-23(22(24)20-13-6-3-7-14-20)21-15-9-8-12-19(21)17-16-18-10-4-2-5-11-18/h2-15H,1H3. The molecule has 0 aliphatic carbocycles. The maximum atomic E-state index is 5.64. The molecule has 0 N–H and O–H groups in total. The lowest BCUT2D eigenvalue weighted by Gasteiger charge is -2.21. The van der Waals surface area contributed by atoms with Crippen LogP contribution in [-0.2, 0) is 0 Å². The van der Waals surface area contributed by atoms with E-state index in [4.69, 9.17) is 12.2 Å². The molecule has 0 aliphatic rings. The van der Waals surface area contributed by atoms with Gasteiger partial charge in [-0.25, -0.2) is 0 Å². The number of anilines is 1. The highest BCUT2D eigenvalue weighted by Crippen LogP contribution is 2.21. The lowest BCUT2D eigenvalue weighted by atomic mass is 10.1. The van der Waals surface area contributed by atoms with Gasteiger partial charge in [-0.1, -0.05) is 84.7 Å². The fourth-order valence-corrected chi connectivity index (χ4v) is 2.65. The molecule has 2 heteroatoms. The Morgan fingerprint density at radius 2 is 1.33 bits per heavy atom. The van der Waals surface area contributed by atoms with Crippen LogP contribution < -0.4 is 4.90 Å². The van der Waals surface area contributed by atoms with Gasteiger partial charge < -0.3 is 4.90 Å².